The molecule has 0 aliphatic carbocycles. The van der Waals surface area contributed by atoms with Gasteiger partial charge in [-0.05, 0) is 32.6 Å². The van der Waals surface area contributed by atoms with E-state index in [4.69, 9.17) is 4.98 Å². The van der Waals surface area contributed by atoms with Gasteiger partial charge < -0.3 is 4.90 Å². The number of hydrogen-bond donors (Lipinski definition) is 0. The van der Waals surface area contributed by atoms with Gasteiger partial charge in [-0.3, -0.25) is 4.68 Å². The smallest absolute Gasteiger partial charge is 0.163 e. The number of rotatable bonds is 1. The highest BCUT2D eigenvalue weighted by Crippen LogP contribution is 2.42. The Morgan fingerprint density at radius 1 is 1.20 bits per heavy atom. The van der Waals surface area contributed by atoms with E-state index in [0.29, 0.717) is 12.1 Å². The Balaban J connectivity index is 1.88. The molecule has 2 saturated heterocycles. The van der Waals surface area contributed by atoms with E-state index in [-0.39, 0.29) is 0 Å². The molecule has 5 nitrogen and oxygen atoms in total. The zero-order valence-corrected chi connectivity index (χ0v) is 12.0. The van der Waals surface area contributed by atoms with E-state index in [9.17, 15) is 0 Å². The molecule has 104 valence electrons. The van der Waals surface area contributed by atoms with Crippen molar-refractivity contribution in [3.63, 3.8) is 0 Å². The lowest BCUT2D eigenvalue weighted by molar-refractivity contribution is 0.547. The summed E-state index contributed by atoms with van der Waals surface area (Å²) in [6.45, 7) is 6.15. The van der Waals surface area contributed by atoms with Crippen LogP contribution < -0.4 is 4.90 Å². The van der Waals surface area contributed by atoms with Crippen molar-refractivity contribution in [1.29, 1.82) is 0 Å². The Kier molecular flexibility index (Phi) is 2.40. The largest absolute Gasteiger partial charge is 0.349 e. The molecule has 2 unspecified atom stereocenters. The van der Waals surface area contributed by atoms with E-state index >= 15 is 0 Å². The molecule has 0 spiro atoms. The molecule has 4 heterocycles. The van der Waals surface area contributed by atoms with E-state index in [1.165, 1.54) is 18.4 Å². The van der Waals surface area contributed by atoms with Crippen LogP contribution in [0.3, 0.4) is 0 Å². The minimum atomic E-state index is 0.555. The van der Waals surface area contributed by atoms with Crippen molar-refractivity contribution in [3.05, 3.63) is 24.2 Å². The molecule has 0 saturated carbocycles. The van der Waals surface area contributed by atoms with Crippen LogP contribution in [0, 0.1) is 6.92 Å². The predicted octanol–water partition coefficient (Wildman–Crippen LogP) is 2.36. The third-order valence-corrected chi connectivity index (χ3v) is 4.60. The lowest BCUT2D eigenvalue weighted by atomic mass is 9.98. The SMILES string of the molecule is C=C1CC2CCC(C1)N2c1nc(C)nc2c1cnn2C. The van der Waals surface area contributed by atoms with E-state index in [2.05, 4.69) is 21.6 Å². The van der Waals surface area contributed by atoms with Crippen LogP contribution in [0.5, 0.6) is 0 Å². The zero-order valence-electron chi connectivity index (χ0n) is 12.0. The molecule has 5 heteroatoms. The lowest BCUT2D eigenvalue weighted by Gasteiger charge is -2.37. The van der Waals surface area contributed by atoms with Crippen molar-refractivity contribution in [1.82, 2.24) is 19.7 Å². The Morgan fingerprint density at radius 2 is 1.90 bits per heavy atom. The van der Waals surface area contributed by atoms with Crippen molar-refractivity contribution in [2.45, 2.75) is 44.7 Å². The Hall–Kier alpha value is -1.91. The summed E-state index contributed by atoms with van der Waals surface area (Å²) in [5.74, 6) is 1.89. The summed E-state index contributed by atoms with van der Waals surface area (Å²) in [4.78, 5) is 11.8. The maximum Gasteiger partial charge on any atom is 0.163 e. The summed E-state index contributed by atoms with van der Waals surface area (Å²) in [6, 6.07) is 1.11. The Morgan fingerprint density at radius 3 is 2.60 bits per heavy atom. The molecule has 20 heavy (non-hydrogen) atoms. The second kappa shape index (κ2) is 4.04. The fourth-order valence-corrected chi connectivity index (χ4v) is 3.77. The molecule has 2 aliphatic heterocycles. The van der Waals surface area contributed by atoms with Gasteiger partial charge in [0, 0.05) is 19.1 Å². The highest BCUT2D eigenvalue weighted by atomic mass is 15.3. The van der Waals surface area contributed by atoms with Crippen molar-refractivity contribution in [2.75, 3.05) is 4.90 Å². The number of piperidine rings is 1. The minimum Gasteiger partial charge on any atom is -0.349 e. The van der Waals surface area contributed by atoms with Crippen molar-refractivity contribution < 1.29 is 0 Å². The van der Waals surface area contributed by atoms with E-state index < -0.39 is 0 Å². The van der Waals surface area contributed by atoms with Crippen LogP contribution in [-0.2, 0) is 7.05 Å². The van der Waals surface area contributed by atoms with Crippen LogP contribution in [0.2, 0.25) is 0 Å². The van der Waals surface area contributed by atoms with Gasteiger partial charge in [0.25, 0.3) is 0 Å². The number of aromatic nitrogens is 4. The van der Waals surface area contributed by atoms with Crippen molar-refractivity contribution in [2.24, 2.45) is 7.05 Å². The van der Waals surface area contributed by atoms with Gasteiger partial charge >= 0.3 is 0 Å². The maximum atomic E-state index is 4.74. The summed E-state index contributed by atoms with van der Waals surface area (Å²) in [7, 11) is 1.94. The summed E-state index contributed by atoms with van der Waals surface area (Å²) in [6.07, 6.45) is 6.58. The molecule has 0 N–H and O–H groups in total. The molecular formula is C15H19N5. The van der Waals surface area contributed by atoms with Gasteiger partial charge in [0.15, 0.2) is 5.65 Å². The van der Waals surface area contributed by atoms with Crippen molar-refractivity contribution in [3.8, 4) is 0 Å². The molecule has 2 aromatic heterocycles. The molecule has 2 bridgehead atoms. The summed E-state index contributed by atoms with van der Waals surface area (Å²) in [5.41, 5.74) is 2.32. The quantitative estimate of drug-likeness (QED) is 0.746. The third kappa shape index (κ3) is 1.58. The average Bonchev–Trinajstić information content (AvgIpc) is 2.89. The fourth-order valence-electron chi connectivity index (χ4n) is 3.77. The first-order valence-electron chi connectivity index (χ1n) is 7.25. The zero-order chi connectivity index (χ0) is 13.9. The number of nitrogens with zero attached hydrogens (tertiary/aromatic N) is 5. The van der Waals surface area contributed by atoms with Gasteiger partial charge in [-0.15, -0.1) is 0 Å². The minimum absolute atomic E-state index is 0.555. The Labute approximate surface area is 118 Å². The highest BCUT2D eigenvalue weighted by Gasteiger charge is 2.39. The summed E-state index contributed by atoms with van der Waals surface area (Å²) >= 11 is 0. The van der Waals surface area contributed by atoms with Crippen LogP contribution in [0.15, 0.2) is 18.3 Å². The van der Waals surface area contributed by atoms with Gasteiger partial charge in [0.1, 0.15) is 11.6 Å². The van der Waals surface area contributed by atoms with Gasteiger partial charge in [0.2, 0.25) is 0 Å². The number of anilines is 1. The van der Waals surface area contributed by atoms with Crippen LogP contribution in [0.25, 0.3) is 11.0 Å². The van der Waals surface area contributed by atoms with Gasteiger partial charge in [-0.25, -0.2) is 9.97 Å². The fraction of sp³-hybridized carbons (Fsp3) is 0.533. The van der Waals surface area contributed by atoms with Crippen LogP contribution in [0.4, 0.5) is 5.82 Å². The third-order valence-electron chi connectivity index (χ3n) is 4.60. The predicted molar refractivity (Wildman–Crippen MR) is 78.7 cm³/mol. The number of hydrogen-bond acceptors (Lipinski definition) is 4. The molecule has 0 aromatic carbocycles. The van der Waals surface area contributed by atoms with E-state index in [0.717, 1.165) is 35.5 Å². The van der Waals surface area contributed by atoms with E-state index in [1.54, 1.807) is 0 Å². The van der Waals surface area contributed by atoms with Crippen LogP contribution in [-0.4, -0.2) is 31.8 Å². The molecule has 2 aromatic rings. The molecule has 0 amide bonds. The maximum absolute atomic E-state index is 4.74. The summed E-state index contributed by atoms with van der Waals surface area (Å²) in [5, 5.41) is 5.42. The van der Waals surface area contributed by atoms with Crippen LogP contribution >= 0.6 is 0 Å². The second-order valence-corrected chi connectivity index (χ2v) is 6.05. The van der Waals surface area contributed by atoms with Gasteiger partial charge in [-0.1, -0.05) is 12.2 Å². The van der Waals surface area contributed by atoms with Crippen LogP contribution in [0.1, 0.15) is 31.5 Å². The summed E-state index contributed by atoms with van der Waals surface area (Å²) < 4.78 is 1.83. The monoisotopic (exact) mass is 269 g/mol. The molecule has 4 rings (SSSR count). The average molecular weight is 269 g/mol. The van der Waals surface area contributed by atoms with Crippen molar-refractivity contribution >= 4 is 16.9 Å². The first-order chi connectivity index (χ1) is 9.63. The Bertz CT molecular complexity index is 686. The highest BCUT2D eigenvalue weighted by molar-refractivity contribution is 5.87. The topological polar surface area (TPSA) is 46.8 Å². The molecule has 2 atom stereocenters. The first-order valence-corrected chi connectivity index (χ1v) is 7.25. The van der Waals surface area contributed by atoms with Gasteiger partial charge in [0.05, 0.1) is 11.6 Å². The standard InChI is InChI=1S/C15H19N5/c1-9-6-11-4-5-12(7-9)20(11)15-13-8-16-19(3)14(13)17-10(2)18-15/h8,11-12H,1,4-7H2,2-3H3. The first kappa shape index (κ1) is 11.9. The molecular weight excluding hydrogens is 250 g/mol. The number of fused-ring (bicyclic) bond motifs is 3. The molecule has 2 aliphatic rings. The second-order valence-electron chi connectivity index (χ2n) is 6.05. The van der Waals surface area contributed by atoms with Gasteiger partial charge in [-0.2, -0.15) is 5.10 Å². The lowest BCUT2D eigenvalue weighted by Crippen LogP contribution is -2.41. The van der Waals surface area contributed by atoms with E-state index in [1.807, 2.05) is 24.9 Å². The molecule has 2 fully saturated rings. The molecule has 0 radical (unpaired) electrons. The number of aryl methyl sites for hydroxylation is 2. The normalized spacial score (nSPS) is 25.7.